The molecule has 0 unspecified atom stereocenters. The first-order chi connectivity index (χ1) is 17.7. The summed E-state index contributed by atoms with van der Waals surface area (Å²) in [5.74, 6) is 1.36. The van der Waals surface area contributed by atoms with Crippen molar-refractivity contribution in [1.29, 1.82) is 5.26 Å². The lowest BCUT2D eigenvalue weighted by molar-refractivity contribution is 0.219. The van der Waals surface area contributed by atoms with Gasteiger partial charge in [0.15, 0.2) is 0 Å². The van der Waals surface area contributed by atoms with Crippen LogP contribution in [0.15, 0.2) is 36.7 Å². The lowest BCUT2D eigenvalue weighted by atomic mass is 9.68. The average molecular weight is 488 g/mol. The Morgan fingerprint density at radius 2 is 1.31 bits per heavy atom. The van der Waals surface area contributed by atoms with Crippen LogP contribution in [0.2, 0.25) is 0 Å². The molecule has 1 heterocycles. The fraction of sp³-hybridized carbons (Fsp3) is 0.667. The summed E-state index contributed by atoms with van der Waals surface area (Å²) in [6, 6.07) is 11.7. The van der Waals surface area contributed by atoms with Crippen LogP contribution in [0.1, 0.15) is 140 Å². The molecule has 0 atom stereocenters. The van der Waals surface area contributed by atoms with Gasteiger partial charge in [0.05, 0.1) is 11.5 Å². The van der Waals surface area contributed by atoms with Crippen molar-refractivity contribution in [3.63, 3.8) is 0 Å². The lowest BCUT2D eigenvalue weighted by Crippen LogP contribution is -2.26. The van der Waals surface area contributed by atoms with Crippen LogP contribution in [0.5, 0.6) is 0 Å². The molecule has 0 radical (unpaired) electrons. The smallest absolute Gasteiger partial charge is 0.131 e. The second-order valence-corrected chi connectivity index (χ2v) is 11.2. The first kappa shape index (κ1) is 28.4. The maximum Gasteiger partial charge on any atom is 0.131 e. The van der Waals surface area contributed by atoms with Crippen molar-refractivity contribution >= 4 is 0 Å². The zero-order valence-electron chi connectivity index (χ0n) is 23.1. The Labute approximate surface area is 221 Å². The first-order valence-corrected chi connectivity index (χ1v) is 15.0. The number of unbranched alkanes of at least 4 members (excludes halogenated alkanes) is 10. The fourth-order valence-corrected chi connectivity index (χ4v) is 5.76. The van der Waals surface area contributed by atoms with E-state index >= 15 is 0 Å². The van der Waals surface area contributed by atoms with E-state index in [1.165, 1.54) is 94.6 Å². The van der Waals surface area contributed by atoms with Crippen molar-refractivity contribution in [1.82, 2.24) is 9.97 Å². The van der Waals surface area contributed by atoms with Crippen LogP contribution in [0, 0.1) is 16.7 Å². The van der Waals surface area contributed by atoms with Gasteiger partial charge in [-0.05, 0) is 56.1 Å². The predicted molar refractivity (Wildman–Crippen MR) is 152 cm³/mol. The quantitative estimate of drug-likeness (QED) is 0.221. The molecule has 196 valence electrons. The summed E-state index contributed by atoms with van der Waals surface area (Å²) in [6.45, 7) is 4.53. The SMILES string of the molecule is CCCCCCCCCc1ccc(-c2cnc([C@H]3CC[C@@](C#N)(CCCCCCC)CC3)nc2)cc1. The van der Waals surface area contributed by atoms with Gasteiger partial charge in [0.25, 0.3) is 0 Å². The van der Waals surface area contributed by atoms with Gasteiger partial charge in [-0.25, -0.2) is 9.97 Å². The minimum absolute atomic E-state index is 0.112. The van der Waals surface area contributed by atoms with E-state index in [1.807, 2.05) is 12.4 Å². The Bertz CT molecular complexity index is 886. The van der Waals surface area contributed by atoms with Crippen molar-refractivity contribution in [3.8, 4) is 17.2 Å². The summed E-state index contributed by atoms with van der Waals surface area (Å²) in [4.78, 5) is 9.54. The van der Waals surface area contributed by atoms with Crippen molar-refractivity contribution < 1.29 is 0 Å². The molecule has 3 heteroatoms. The summed E-state index contributed by atoms with van der Waals surface area (Å²) >= 11 is 0. The average Bonchev–Trinajstić information content (AvgIpc) is 2.93. The first-order valence-electron chi connectivity index (χ1n) is 15.0. The second-order valence-electron chi connectivity index (χ2n) is 11.2. The number of nitrogens with zero attached hydrogens (tertiary/aromatic N) is 3. The van der Waals surface area contributed by atoms with Gasteiger partial charge in [0.1, 0.15) is 5.82 Å². The molecule has 1 aliphatic carbocycles. The van der Waals surface area contributed by atoms with E-state index in [1.54, 1.807) is 0 Å². The molecule has 1 saturated carbocycles. The lowest BCUT2D eigenvalue weighted by Gasteiger charge is -2.34. The van der Waals surface area contributed by atoms with E-state index in [4.69, 9.17) is 9.97 Å². The molecule has 3 rings (SSSR count). The van der Waals surface area contributed by atoms with Crippen LogP contribution < -0.4 is 0 Å². The topological polar surface area (TPSA) is 49.6 Å². The maximum absolute atomic E-state index is 9.90. The standard InChI is InChI=1S/C33H49N3/c1-3-5-7-9-10-11-13-15-28-16-18-29(19-17-28)31-25-35-32(36-26-31)30-20-23-33(27-34,24-21-30)22-14-12-8-6-4-2/h16-19,25-26,30H,3-15,20-24H2,1-2H3/t30-,33-. The third-order valence-corrected chi connectivity index (χ3v) is 8.33. The highest BCUT2D eigenvalue weighted by atomic mass is 14.9. The summed E-state index contributed by atoms with van der Waals surface area (Å²) in [5.41, 5.74) is 3.60. The zero-order chi connectivity index (χ0) is 25.5. The van der Waals surface area contributed by atoms with Crippen molar-refractivity contribution in [2.45, 2.75) is 135 Å². The molecule has 3 nitrogen and oxygen atoms in total. The van der Waals surface area contributed by atoms with Gasteiger partial charge in [-0.3, -0.25) is 0 Å². The highest BCUT2D eigenvalue weighted by Crippen LogP contribution is 2.45. The largest absolute Gasteiger partial charge is 0.240 e. The maximum atomic E-state index is 9.90. The summed E-state index contributed by atoms with van der Waals surface area (Å²) in [6.07, 6.45) is 26.1. The number of aryl methyl sites for hydroxylation is 1. The summed E-state index contributed by atoms with van der Waals surface area (Å²) in [7, 11) is 0. The van der Waals surface area contributed by atoms with E-state index in [0.29, 0.717) is 5.92 Å². The third kappa shape index (κ3) is 9.02. The van der Waals surface area contributed by atoms with E-state index in [9.17, 15) is 5.26 Å². The number of hydrogen-bond acceptors (Lipinski definition) is 3. The molecule has 2 aromatic rings. The van der Waals surface area contributed by atoms with Gasteiger partial charge in [-0.1, -0.05) is 109 Å². The van der Waals surface area contributed by atoms with Crippen LogP contribution in [0.25, 0.3) is 11.1 Å². The van der Waals surface area contributed by atoms with Gasteiger partial charge >= 0.3 is 0 Å². The molecular formula is C33H49N3. The Morgan fingerprint density at radius 1 is 0.750 bits per heavy atom. The number of rotatable bonds is 16. The minimum atomic E-state index is -0.112. The van der Waals surface area contributed by atoms with Gasteiger partial charge in [-0.2, -0.15) is 5.26 Å². The molecule has 36 heavy (non-hydrogen) atoms. The Kier molecular flexibility index (Phi) is 12.5. The van der Waals surface area contributed by atoms with Crippen molar-refractivity contribution in [2.75, 3.05) is 0 Å². The normalized spacial score (nSPS) is 19.8. The van der Waals surface area contributed by atoms with E-state index < -0.39 is 0 Å². The molecule has 1 aliphatic rings. The number of hydrogen-bond donors (Lipinski definition) is 0. The molecule has 0 saturated heterocycles. The van der Waals surface area contributed by atoms with Gasteiger partial charge in [0.2, 0.25) is 0 Å². The number of benzene rings is 1. The Hall–Kier alpha value is -2.21. The van der Waals surface area contributed by atoms with Gasteiger partial charge in [-0.15, -0.1) is 0 Å². The van der Waals surface area contributed by atoms with E-state index in [-0.39, 0.29) is 5.41 Å². The molecule has 1 aromatic carbocycles. The molecule has 0 N–H and O–H groups in total. The molecule has 0 aliphatic heterocycles. The molecule has 1 fully saturated rings. The molecule has 1 aromatic heterocycles. The van der Waals surface area contributed by atoms with Crippen LogP contribution in [-0.4, -0.2) is 9.97 Å². The van der Waals surface area contributed by atoms with Crippen LogP contribution in [0.3, 0.4) is 0 Å². The molecule has 0 bridgehead atoms. The monoisotopic (exact) mass is 487 g/mol. The summed E-state index contributed by atoms with van der Waals surface area (Å²) in [5, 5.41) is 9.90. The van der Waals surface area contributed by atoms with Crippen LogP contribution in [-0.2, 0) is 6.42 Å². The van der Waals surface area contributed by atoms with Crippen molar-refractivity contribution in [2.24, 2.45) is 5.41 Å². The summed E-state index contributed by atoms with van der Waals surface area (Å²) < 4.78 is 0. The van der Waals surface area contributed by atoms with Crippen LogP contribution in [0.4, 0.5) is 0 Å². The zero-order valence-corrected chi connectivity index (χ0v) is 23.1. The number of aromatic nitrogens is 2. The van der Waals surface area contributed by atoms with Crippen LogP contribution >= 0.6 is 0 Å². The number of nitriles is 1. The molecular weight excluding hydrogens is 438 g/mol. The van der Waals surface area contributed by atoms with Gasteiger partial charge in [0, 0.05) is 23.9 Å². The van der Waals surface area contributed by atoms with Crippen molar-refractivity contribution in [3.05, 3.63) is 48.0 Å². The highest BCUT2D eigenvalue weighted by molar-refractivity contribution is 5.61. The fourth-order valence-electron chi connectivity index (χ4n) is 5.76. The molecule has 0 amide bonds. The minimum Gasteiger partial charge on any atom is -0.240 e. The van der Waals surface area contributed by atoms with E-state index in [2.05, 4.69) is 44.2 Å². The molecule has 0 spiro atoms. The third-order valence-electron chi connectivity index (χ3n) is 8.33. The Balaban J connectivity index is 1.43. The van der Waals surface area contributed by atoms with E-state index in [0.717, 1.165) is 43.5 Å². The van der Waals surface area contributed by atoms with Gasteiger partial charge < -0.3 is 0 Å². The second kappa shape index (κ2) is 15.8. The predicted octanol–water partition coefficient (Wildman–Crippen LogP) is 9.96. The highest BCUT2D eigenvalue weighted by Gasteiger charge is 2.36. The Morgan fingerprint density at radius 3 is 1.89 bits per heavy atom.